The van der Waals surface area contributed by atoms with E-state index in [-0.39, 0.29) is 0 Å². The highest BCUT2D eigenvalue weighted by Crippen LogP contribution is 2.29. The maximum absolute atomic E-state index is 5.80. The lowest BCUT2D eigenvalue weighted by atomic mass is 10.1. The first-order valence-electron chi connectivity index (χ1n) is 4.73. The summed E-state index contributed by atoms with van der Waals surface area (Å²) in [5.74, 6) is 1.05. The van der Waals surface area contributed by atoms with E-state index >= 15 is 0 Å². The van der Waals surface area contributed by atoms with Gasteiger partial charge in [-0.15, -0.1) is 0 Å². The van der Waals surface area contributed by atoms with Crippen molar-refractivity contribution in [1.82, 2.24) is 5.32 Å². The van der Waals surface area contributed by atoms with Crippen LogP contribution in [0.1, 0.15) is 12.5 Å². The minimum absolute atomic E-state index is 0.294. The third-order valence-electron chi connectivity index (χ3n) is 2.69. The molecule has 2 rings (SSSR count). The van der Waals surface area contributed by atoms with E-state index in [0.29, 0.717) is 12.1 Å². The quantitative estimate of drug-likeness (QED) is 0.740. The summed E-state index contributed by atoms with van der Waals surface area (Å²) in [5, 5.41) is 3.22. The van der Waals surface area contributed by atoms with Gasteiger partial charge in [-0.3, -0.25) is 0 Å². The minimum atomic E-state index is 0.294. The highest BCUT2D eigenvalue weighted by Gasteiger charge is 2.26. The normalized spacial score (nSPS) is 22.2. The summed E-state index contributed by atoms with van der Waals surface area (Å²) in [7, 11) is 1.97. The standard InChI is InChI=1S/C11H15NO/c1-8(12-2)11-7-9-5-3-4-6-10(9)13-11/h3-6,8,11-12H,7H2,1-2H3/t8-,11-/m0/s1. The molecule has 0 saturated carbocycles. The molecule has 1 N–H and O–H groups in total. The van der Waals surface area contributed by atoms with Crippen LogP contribution in [0.15, 0.2) is 24.3 Å². The molecule has 0 bridgehead atoms. The van der Waals surface area contributed by atoms with Crippen LogP contribution in [0.3, 0.4) is 0 Å². The summed E-state index contributed by atoms with van der Waals surface area (Å²) < 4.78 is 5.80. The number of nitrogens with one attached hydrogen (secondary N) is 1. The van der Waals surface area contributed by atoms with Crippen molar-refractivity contribution in [2.75, 3.05) is 7.05 Å². The Kier molecular flexibility index (Phi) is 2.23. The van der Waals surface area contributed by atoms with Crippen LogP contribution >= 0.6 is 0 Å². The van der Waals surface area contributed by atoms with E-state index in [4.69, 9.17) is 4.74 Å². The minimum Gasteiger partial charge on any atom is -0.488 e. The molecule has 0 aliphatic carbocycles. The van der Waals surface area contributed by atoms with Gasteiger partial charge in [0.25, 0.3) is 0 Å². The summed E-state index contributed by atoms with van der Waals surface area (Å²) in [6.45, 7) is 2.15. The van der Waals surface area contributed by atoms with Crippen molar-refractivity contribution in [1.29, 1.82) is 0 Å². The highest BCUT2D eigenvalue weighted by atomic mass is 16.5. The average molecular weight is 177 g/mol. The highest BCUT2D eigenvalue weighted by molar-refractivity contribution is 5.37. The zero-order valence-corrected chi connectivity index (χ0v) is 8.08. The molecule has 70 valence electrons. The maximum atomic E-state index is 5.80. The smallest absolute Gasteiger partial charge is 0.123 e. The van der Waals surface area contributed by atoms with Crippen LogP contribution in [-0.4, -0.2) is 19.2 Å². The van der Waals surface area contributed by atoms with Gasteiger partial charge >= 0.3 is 0 Å². The monoisotopic (exact) mass is 177 g/mol. The molecule has 1 aromatic carbocycles. The molecule has 0 fully saturated rings. The van der Waals surface area contributed by atoms with E-state index in [1.54, 1.807) is 0 Å². The number of hydrogen-bond acceptors (Lipinski definition) is 2. The molecule has 2 nitrogen and oxygen atoms in total. The van der Waals surface area contributed by atoms with Gasteiger partial charge in [0.15, 0.2) is 0 Å². The van der Waals surface area contributed by atoms with E-state index in [0.717, 1.165) is 12.2 Å². The number of likely N-dealkylation sites (N-methyl/N-ethyl adjacent to an activating group) is 1. The second-order valence-electron chi connectivity index (χ2n) is 3.55. The van der Waals surface area contributed by atoms with E-state index in [9.17, 15) is 0 Å². The van der Waals surface area contributed by atoms with E-state index < -0.39 is 0 Å². The third-order valence-corrected chi connectivity index (χ3v) is 2.69. The summed E-state index contributed by atoms with van der Waals surface area (Å²) in [6, 6.07) is 8.67. The Morgan fingerprint density at radius 3 is 2.92 bits per heavy atom. The Labute approximate surface area is 78.9 Å². The predicted octanol–water partition coefficient (Wildman–Crippen LogP) is 1.60. The van der Waals surface area contributed by atoms with E-state index in [1.165, 1.54) is 5.56 Å². The molecule has 1 aromatic rings. The summed E-state index contributed by atoms with van der Waals surface area (Å²) in [4.78, 5) is 0. The van der Waals surface area contributed by atoms with Gasteiger partial charge in [0.1, 0.15) is 11.9 Å². The van der Waals surface area contributed by atoms with Gasteiger partial charge in [-0.1, -0.05) is 18.2 Å². The van der Waals surface area contributed by atoms with Crippen molar-refractivity contribution in [2.24, 2.45) is 0 Å². The molecule has 1 aliphatic rings. The summed E-state index contributed by atoms with van der Waals surface area (Å²) in [6.07, 6.45) is 1.32. The van der Waals surface area contributed by atoms with Gasteiger partial charge in [-0.05, 0) is 25.6 Å². The first-order chi connectivity index (χ1) is 6.31. The van der Waals surface area contributed by atoms with Gasteiger partial charge < -0.3 is 10.1 Å². The average Bonchev–Trinajstić information content (AvgIpc) is 2.59. The first kappa shape index (κ1) is 8.57. The van der Waals surface area contributed by atoms with Gasteiger partial charge in [0, 0.05) is 12.5 Å². The molecule has 2 heteroatoms. The predicted molar refractivity (Wildman–Crippen MR) is 53.1 cm³/mol. The Morgan fingerprint density at radius 2 is 2.23 bits per heavy atom. The number of ether oxygens (including phenoxy) is 1. The number of benzene rings is 1. The molecule has 0 radical (unpaired) electrons. The van der Waals surface area contributed by atoms with E-state index in [1.807, 2.05) is 19.2 Å². The van der Waals surface area contributed by atoms with Crippen molar-refractivity contribution in [3.63, 3.8) is 0 Å². The molecule has 0 saturated heterocycles. The fourth-order valence-corrected chi connectivity index (χ4v) is 1.67. The van der Waals surface area contributed by atoms with Crippen LogP contribution in [0, 0.1) is 0 Å². The van der Waals surface area contributed by atoms with Gasteiger partial charge in [0.2, 0.25) is 0 Å². The Balaban J connectivity index is 2.14. The van der Waals surface area contributed by atoms with Crippen molar-refractivity contribution in [3.05, 3.63) is 29.8 Å². The topological polar surface area (TPSA) is 21.3 Å². The van der Waals surface area contributed by atoms with E-state index in [2.05, 4.69) is 24.4 Å². The van der Waals surface area contributed by atoms with Gasteiger partial charge in [-0.25, -0.2) is 0 Å². The molecule has 0 aromatic heterocycles. The van der Waals surface area contributed by atoms with Crippen molar-refractivity contribution in [2.45, 2.75) is 25.5 Å². The number of rotatable bonds is 2. The molecule has 0 spiro atoms. The zero-order valence-electron chi connectivity index (χ0n) is 8.08. The molecule has 13 heavy (non-hydrogen) atoms. The lowest BCUT2D eigenvalue weighted by molar-refractivity contribution is 0.191. The maximum Gasteiger partial charge on any atom is 0.123 e. The summed E-state index contributed by atoms with van der Waals surface area (Å²) in [5.41, 5.74) is 1.33. The Bertz CT molecular complexity index is 273. The Morgan fingerprint density at radius 1 is 1.46 bits per heavy atom. The molecule has 1 heterocycles. The SMILES string of the molecule is CN[C@@H](C)[C@@H]1Cc2ccccc2O1. The Hall–Kier alpha value is -1.02. The van der Waals surface area contributed by atoms with Crippen LogP contribution in [0.25, 0.3) is 0 Å². The van der Waals surface area contributed by atoms with Crippen molar-refractivity contribution >= 4 is 0 Å². The first-order valence-corrected chi connectivity index (χ1v) is 4.73. The fourth-order valence-electron chi connectivity index (χ4n) is 1.67. The molecular weight excluding hydrogens is 162 g/mol. The second kappa shape index (κ2) is 3.38. The van der Waals surface area contributed by atoms with Crippen molar-refractivity contribution in [3.8, 4) is 5.75 Å². The number of para-hydroxylation sites is 1. The van der Waals surface area contributed by atoms with Crippen LogP contribution in [-0.2, 0) is 6.42 Å². The van der Waals surface area contributed by atoms with Crippen LogP contribution in [0.4, 0.5) is 0 Å². The molecule has 2 atom stereocenters. The van der Waals surface area contributed by atoms with Gasteiger partial charge in [0.05, 0.1) is 0 Å². The number of fused-ring (bicyclic) bond motifs is 1. The van der Waals surface area contributed by atoms with Crippen LogP contribution < -0.4 is 10.1 Å². The zero-order chi connectivity index (χ0) is 9.26. The van der Waals surface area contributed by atoms with Crippen LogP contribution in [0.5, 0.6) is 5.75 Å². The molecule has 0 amide bonds. The fraction of sp³-hybridized carbons (Fsp3) is 0.455. The molecular formula is C11H15NO. The van der Waals surface area contributed by atoms with Crippen LogP contribution in [0.2, 0.25) is 0 Å². The molecule has 0 unspecified atom stereocenters. The molecule has 1 aliphatic heterocycles. The lowest BCUT2D eigenvalue weighted by Gasteiger charge is -2.17. The summed E-state index contributed by atoms with van der Waals surface area (Å²) >= 11 is 0. The number of hydrogen-bond donors (Lipinski definition) is 1. The third kappa shape index (κ3) is 1.54. The lowest BCUT2D eigenvalue weighted by Crippen LogP contribution is -2.37. The van der Waals surface area contributed by atoms with Gasteiger partial charge in [-0.2, -0.15) is 0 Å². The van der Waals surface area contributed by atoms with Crippen molar-refractivity contribution < 1.29 is 4.74 Å². The largest absolute Gasteiger partial charge is 0.488 e. The second-order valence-corrected chi connectivity index (χ2v) is 3.55.